The van der Waals surface area contributed by atoms with Crippen molar-refractivity contribution in [3.8, 4) is 0 Å². The SMILES string of the molecule is CCN(CC)C1CCN(C(=O)c2nc3nc(C)cc(C)n3n2)C1. The second-order valence-electron chi connectivity index (χ2n) is 6.10. The Morgan fingerprint density at radius 3 is 2.74 bits per heavy atom. The summed E-state index contributed by atoms with van der Waals surface area (Å²) >= 11 is 0. The lowest BCUT2D eigenvalue weighted by molar-refractivity contribution is 0.0766. The molecule has 3 rings (SSSR count). The molecule has 0 N–H and O–H groups in total. The number of aryl methyl sites for hydroxylation is 2. The Morgan fingerprint density at radius 1 is 1.30 bits per heavy atom. The van der Waals surface area contributed by atoms with Gasteiger partial charge in [-0.05, 0) is 39.4 Å². The minimum absolute atomic E-state index is 0.0952. The van der Waals surface area contributed by atoms with E-state index >= 15 is 0 Å². The molecule has 1 aliphatic rings. The number of rotatable bonds is 4. The molecule has 23 heavy (non-hydrogen) atoms. The molecule has 0 aromatic carbocycles. The molecule has 0 bridgehead atoms. The van der Waals surface area contributed by atoms with E-state index in [-0.39, 0.29) is 11.7 Å². The minimum Gasteiger partial charge on any atom is -0.334 e. The Morgan fingerprint density at radius 2 is 2.04 bits per heavy atom. The van der Waals surface area contributed by atoms with Gasteiger partial charge >= 0.3 is 0 Å². The standard InChI is InChI=1S/C16H24N6O/c1-5-20(6-2)13-7-8-21(10-13)15(23)14-18-16-17-11(3)9-12(4)22(16)19-14/h9,13H,5-8,10H2,1-4H3. The van der Waals surface area contributed by atoms with Crippen LogP contribution in [-0.4, -0.2) is 67.5 Å². The van der Waals surface area contributed by atoms with Gasteiger partial charge in [0.1, 0.15) is 0 Å². The normalized spacial score (nSPS) is 18.3. The molecule has 1 aliphatic heterocycles. The summed E-state index contributed by atoms with van der Waals surface area (Å²) in [4.78, 5) is 25.6. The average molecular weight is 316 g/mol. The van der Waals surface area contributed by atoms with Crippen LogP contribution < -0.4 is 0 Å². The van der Waals surface area contributed by atoms with Crippen molar-refractivity contribution in [3.63, 3.8) is 0 Å². The van der Waals surface area contributed by atoms with Gasteiger partial charge in [0.2, 0.25) is 5.82 Å². The first-order valence-corrected chi connectivity index (χ1v) is 8.27. The van der Waals surface area contributed by atoms with Gasteiger partial charge in [0, 0.05) is 30.5 Å². The molecule has 0 aliphatic carbocycles. The lowest BCUT2D eigenvalue weighted by Gasteiger charge is -2.25. The summed E-state index contributed by atoms with van der Waals surface area (Å²) in [5.41, 5.74) is 1.81. The molecule has 1 amide bonds. The fourth-order valence-electron chi connectivity index (χ4n) is 3.36. The molecular formula is C16H24N6O. The smallest absolute Gasteiger partial charge is 0.293 e. The molecule has 3 heterocycles. The lowest BCUT2D eigenvalue weighted by atomic mass is 10.2. The lowest BCUT2D eigenvalue weighted by Crippen LogP contribution is -2.38. The maximum atomic E-state index is 12.7. The maximum Gasteiger partial charge on any atom is 0.293 e. The molecule has 1 atom stereocenters. The van der Waals surface area contributed by atoms with Gasteiger partial charge in [0.05, 0.1) is 0 Å². The number of aromatic nitrogens is 4. The zero-order valence-corrected chi connectivity index (χ0v) is 14.3. The number of amides is 1. The van der Waals surface area contributed by atoms with Crippen molar-refractivity contribution in [2.45, 2.75) is 40.2 Å². The topological polar surface area (TPSA) is 66.6 Å². The molecule has 124 valence electrons. The first-order valence-electron chi connectivity index (χ1n) is 8.27. The zero-order valence-electron chi connectivity index (χ0n) is 14.3. The molecule has 1 saturated heterocycles. The van der Waals surface area contributed by atoms with Gasteiger partial charge in [-0.3, -0.25) is 9.69 Å². The van der Waals surface area contributed by atoms with Crippen molar-refractivity contribution < 1.29 is 4.79 Å². The van der Waals surface area contributed by atoms with Gasteiger partial charge in [-0.1, -0.05) is 13.8 Å². The van der Waals surface area contributed by atoms with Crippen molar-refractivity contribution in [1.82, 2.24) is 29.4 Å². The highest BCUT2D eigenvalue weighted by molar-refractivity contribution is 5.91. The molecule has 0 spiro atoms. The van der Waals surface area contributed by atoms with Crippen molar-refractivity contribution in [2.75, 3.05) is 26.2 Å². The Labute approximate surface area is 136 Å². The van der Waals surface area contributed by atoms with Crippen LogP contribution in [0, 0.1) is 13.8 Å². The molecule has 0 radical (unpaired) electrons. The van der Waals surface area contributed by atoms with Gasteiger partial charge in [0.25, 0.3) is 11.7 Å². The number of nitrogens with zero attached hydrogens (tertiary/aromatic N) is 6. The summed E-state index contributed by atoms with van der Waals surface area (Å²) < 4.78 is 1.64. The van der Waals surface area contributed by atoms with Crippen LogP contribution in [-0.2, 0) is 0 Å². The molecule has 7 nitrogen and oxygen atoms in total. The van der Waals surface area contributed by atoms with E-state index in [0.29, 0.717) is 11.8 Å². The summed E-state index contributed by atoms with van der Waals surface area (Å²) in [6.07, 6.45) is 1.01. The van der Waals surface area contributed by atoms with E-state index in [1.54, 1.807) is 4.52 Å². The highest BCUT2D eigenvalue weighted by Gasteiger charge is 2.31. The second-order valence-corrected chi connectivity index (χ2v) is 6.10. The van der Waals surface area contributed by atoms with Crippen molar-refractivity contribution >= 4 is 11.7 Å². The summed E-state index contributed by atoms with van der Waals surface area (Å²) in [7, 11) is 0. The number of hydrogen-bond donors (Lipinski definition) is 0. The number of likely N-dealkylation sites (N-methyl/N-ethyl adjacent to an activating group) is 1. The quantitative estimate of drug-likeness (QED) is 0.850. The van der Waals surface area contributed by atoms with E-state index in [2.05, 4.69) is 33.8 Å². The zero-order chi connectivity index (χ0) is 16.6. The van der Waals surface area contributed by atoms with Crippen LogP contribution in [0.1, 0.15) is 42.3 Å². The Balaban J connectivity index is 1.80. The van der Waals surface area contributed by atoms with Crippen LogP contribution in [0.2, 0.25) is 0 Å². The Bertz CT molecular complexity index is 721. The van der Waals surface area contributed by atoms with Crippen molar-refractivity contribution in [1.29, 1.82) is 0 Å². The molecule has 2 aromatic heterocycles. The summed E-state index contributed by atoms with van der Waals surface area (Å²) in [5.74, 6) is 0.638. The van der Waals surface area contributed by atoms with Crippen LogP contribution in [0.5, 0.6) is 0 Å². The fourth-order valence-corrected chi connectivity index (χ4v) is 3.36. The third kappa shape index (κ3) is 2.93. The van der Waals surface area contributed by atoms with Crippen LogP contribution in [0.4, 0.5) is 0 Å². The van der Waals surface area contributed by atoms with Gasteiger partial charge in [-0.2, -0.15) is 4.98 Å². The van der Waals surface area contributed by atoms with E-state index in [9.17, 15) is 4.79 Å². The van der Waals surface area contributed by atoms with Crippen LogP contribution in [0.25, 0.3) is 5.78 Å². The van der Waals surface area contributed by atoms with Crippen LogP contribution in [0.3, 0.4) is 0 Å². The number of carbonyl (C=O) groups is 1. The molecule has 1 fully saturated rings. The van der Waals surface area contributed by atoms with E-state index in [0.717, 1.165) is 44.0 Å². The predicted octanol–water partition coefficient (Wildman–Crippen LogP) is 1.30. The van der Waals surface area contributed by atoms with E-state index in [4.69, 9.17) is 0 Å². The Hall–Kier alpha value is -2.02. The Kier molecular flexibility index (Phi) is 4.30. The van der Waals surface area contributed by atoms with Crippen LogP contribution >= 0.6 is 0 Å². The monoisotopic (exact) mass is 316 g/mol. The second kappa shape index (κ2) is 6.23. The largest absolute Gasteiger partial charge is 0.334 e. The summed E-state index contributed by atoms with van der Waals surface area (Å²) in [6, 6.07) is 2.37. The molecule has 0 saturated carbocycles. The molecule has 2 aromatic rings. The fraction of sp³-hybridized carbons (Fsp3) is 0.625. The molecule has 1 unspecified atom stereocenters. The highest BCUT2D eigenvalue weighted by atomic mass is 16.2. The molecule has 7 heteroatoms. The predicted molar refractivity (Wildman–Crippen MR) is 87.5 cm³/mol. The van der Waals surface area contributed by atoms with Crippen LogP contribution in [0.15, 0.2) is 6.07 Å². The minimum atomic E-state index is -0.0952. The summed E-state index contributed by atoms with van der Waals surface area (Å²) in [5, 5.41) is 4.35. The maximum absolute atomic E-state index is 12.7. The van der Waals surface area contributed by atoms with E-state index < -0.39 is 0 Å². The third-order valence-corrected chi connectivity index (χ3v) is 4.59. The van der Waals surface area contributed by atoms with Gasteiger partial charge in [-0.15, -0.1) is 5.10 Å². The third-order valence-electron chi connectivity index (χ3n) is 4.59. The number of hydrogen-bond acceptors (Lipinski definition) is 5. The van der Waals surface area contributed by atoms with Crippen molar-refractivity contribution in [3.05, 3.63) is 23.3 Å². The van der Waals surface area contributed by atoms with Gasteiger partial charge in [-0.25, -0.2) is 9.50 Å². The average Bonchev–Trinajstić information content (AvgIpc) is 3.15. The molecular weight excluding hydrogens is 292 g/mol. The summed E-state index contributed by atoms with van der Waals surface area (Å²) in [6.45, 7) is 11.7. The van der Waals surface area contributed by atoms with Crippen molar-refractivity contribution in [2.24, 2.45) is 0 Å². The van der Waals surface area contributed by atoms with Gasteiger partial charge in [0.15, 0.2) is 0 Å². The van der Waals surface area contributed by atoms with Gasteiger partial charge < -0.3 is 4.90 Å². The first-order chi connectivity index (χ1) is 11.0. The number of fused-ring (bicyclic) bond motifs is 1. The van der Waals surface area contributed by atoms with E-state index in [1.165, 1.54) is 0 Å². The number of likely N-dealkylation sites (tertiary alicyclic amines) is 1. The highest BCUT2D eigenvalue weighted by Crippen LogP contribution is 2.17. The first kappa shape index (κ1) is 15.9. The van der Waals surface area contributed by atoms with E-state index in [1.807, 2.05) is 24.8 Å². The number of carbonyl (C=O) groups excluding carboxylic acids is 1.